The lowest BCUT2D eigenvalue weighted by atomic mass is 10.1. The largest absolute Gasteiger partial charge is 0.394 e. The first kappa shape index (κ1) is 12.5. The average molecular weight is 256 g/mol. The zero-order valence-electron chi connectivity index (χ0n) is 9.45. The van der Waals surface area contributed by atoms with Crippen molar-refractivity contribution in [2.24, 2.45) is 0 Å². The van der Waals surface area contributed by atoms with Crippen LogP contribution in [-0.2, 0) is 14.6 Å². The molecule has 1 heterocycles. The first-order valence-electron chi connectivity index (χ1n) is 5.70. The van der Waals surface area contributed by atoms with Crippen molar-refractivity contribution in [1.82, 2.24) is 0 Å². The molecule has 1 N–H and O–H groups in total. The van der Waals surface area contributed by atoms with Gasteiger partial charge in [-0.05, 0) is 31.4 Å². The van der Waals surface area contributed by atoms with Crippen molar-refractivity contribution < 1.29 is 18.3 Å². The van der Waals surface area contributed by atoms with Crippen LogP contribution in [0, 0.1) is 0 Å². The van der Waals surface area contributed by atoms with E-state index in [1.807, 2.05) is 0 Å². The molecule has 0 bridgehead atoms. The minimum atomic E-state index is -3.44. The monoisotopic (exact) mass is 256 g/mol. The Balaban J connectivity index is 2.21. The lowest BCUT2D eigenvalue weighted by molar-refractivity contribution is -0.0372. The number of benzene rings is 1. The molecule has 4 nitrogen and oxygen atoms in total. The number of sulfone groups is 1. The topological polar surface area (TPSA) is 63.6 Å². The molecule has 1 saturated heterocycles. The fourth-order valence-corrected chi connectivity index (χ4v) is 3.61. The van der Waals surface area contributed by atoms with Crippen LogP contribution in [0.25, 0.3) is 0 Å². The van der Waals surface area contributed by atoms with E-state index in [4.69, 9.17) is 9.84 Å². The van der Waals surface area contributed by atoms with Gasteiger partial charge in [0.2, 0.25) is 9.84 Å². The molecule has 5 heteroatoms. The van der Waals surface area contributed by atoms with Gasteiger partial charge in [-0.25, -0.2) is 8.42 Å². The van der Waals surface area contributed by atoms with Crippen LogP contribution in [0.2, 0.25) is 0 Å². The number of aliphatic hydroxyl groups is 1. The molecule has 0 aromatic heterocycles. The van der Waals surface area contributed by atoms with Crippen LogP contribution in [-0.4, -0.2) is 31.7 Å². The maximum atomic E-state index is 12.2. The molecular weight excluding hydrogens is 240 g/mol. The van der Waals surface area contributed by atoms with E-state index >= 15 is 0 Å². The summed E-state index contributed by atoms with van der Waals surface area (Å²) in [7, 11) is -3.44. The highest BCUT2D eigenvalue weighted by Gasteiger charge is 2.33. The van der Waals surface area contributed by atoms with Gasteiger partial charge in [0, 0.05) is 0 Å². The third kappa shape index (κ3) is 2.68. The minimum absolute atomic E-state index is 0.124. The van der Waals surface area contributed by atoms with Crippen molar-refractivity contribution in [2.75, 3.05) is 6.61 Å². The fourth-order valence-electron chi connectivity index (χ4n) is 1.99. The predicted molar refractivity (Wildman–Crippen MR) is 63.2 cm³/mol. The van der Waals surface area contributed by atoms with E-state index in [1.54, 1.807) is 30.3 Å². The van der Waals surface area contributed by atoms with Gasteiger partial charge in [-0.15, -0.1) is 0 Å². The highest BCUT2D eigenvalue weighted by Crippen LogP contribution is 2.27. The van der Waals surface area contributed by atoms with Crippen molar-refractivity contribution in [1.29, 1.82) is 0 Å². The molecule has 1 fully saturated rings. The van der Waals surface area contributed by atoms with Gasteiger partial charge < -0.3 is 9.84 Å². The SMILES string of the molecule is O=S(=O)(c1ccccc1)[C@H]1CCC[C@H](CO)O1. The first-order valence-corrected chi connectivity index (χ1v) is 7.24. The number of hydrogen-bond donors (Lipinski definition) is 1. The van der Waals surface area contributed by atoms with Crippen LogP contribution in [0.15, 0.2) is 35.2 Å². The third-order valence-electron chi connectivity index (χ3n) is 2.93. The molecule has 1 aromatic carbocycles. The van der Waals surface area contributed by atoms with Crippen molar-refractivity contribution in [3.8, 4) is 0 Å². The number of aliphatic hydroxyl groups excluding tert-OH is 1. The third-order valence-corrected chi connectivity index (χ3v) is 4.90. The lowest BCUT2D eigenvalue weighted by Crippen LogP contribution is -2.35. The van der Waals surface area contributed by atoms with Gasteiger partial charge in [0.25, 0.3) is 0 Å². The molecule has 0 radical (unpaired) electrons. The number of ether oxygens (including phenoxy) is 1. The van der Waals surface area contributed by atoms with E-state index in [-0.39, 0.29) is 17.6 Å². The minimum Gasteiger partial charge on any atom is -0.394 e. The van der Waals surface area contributed by atoms with Crippen LogP contribution in [0.1, 0.15) is 19.3 Å². The summed E-state index contributed by atoms with van der Waals surface area (Å²) in [6, 6.07) is 8.30. The van der Waals surface area contributed by atoms with Gasteiger partial charge in [-0.2, -0.15) is 0 Å². The Morgan fingerprint density at radius 3 is 2.59 bits per heavy atom. The molecule has 2 atom stereocenters. The van der Waals surface area contributed by atoms with E-state index in [9.17, 15) is 8.42 Å². The van der Waals surface area contributed by atoms with E-state index in [0.29, 0.717) is 6.42 Å². The van der Waals surface area contributed by atoms with E-state index in [2.05, 4.69) is 0 Å². The van der Waals surface area contributed by atoms with Gasteiger partial charge in [-0.3, -0.25) is 0 Å². The molecular formula is C12H16O4S. The summed E-state index contributed by atoms with van der Waals surface area (Å²) in [5.41, 5.74) is -0.823. The van der Waals surface area contributed by atoms with Crippen LogP contribution in [0.3, 0.4) is 0 Å². The summed E-state index contributed by atoms with van der Waals surface area (Å²) in [6.07, 6.45) is 1.62. The summed E-state index contributed by atoms with van der Waals surface area (Å²) >= 11 is 0. The van der Waals surface area contributed by atoms with Gasteiger partial charge in [0.1, 0.15) is 0 Å². The molecule has 94 valence electrons. The molecule has 1 aliphatic heterocycles. The van der Waals surface area contributed by atoms with E-state index in [0.717, 1.165) is 12.8 Å². The van der Waals surface area contributed by atoms with Gasteiger partial charge in [-0.1, -0.05) is 18.2 Å². The van der Waals surface area contributed by atoms with Crippen molar-refractivity contribution >= 4 is 9.84 Å². The molecule has 0 spiro atoms. The van der Waals surface area contributed by atoms with Crippen molar-refractivity contribution in [2.45, 2.75) is 35.7 Å². The second kappa shape index (κ2) is 5.16. The van der Waals surface area contributed by atoms with Crippen molar-refractivity contribution in [3.63, 3.8) is 0 Å². The highest BCUT2D eigenvalue weighted by atomic mass is 32.2. The lowest BCUT2D eigenvalue weighted by Gasteiger charge is -2.28. The second-order valence-electron chi connectivity index (χ2n) is 4.16. The van der Waals surface area contributed by atoms with Gasteiger partial charge in [0.15, 0.2) is 5.44 Å². The first-order chi connectivity index (χ1) is 8.14. The zero-order valence-corrected chi connectivity index (χ0v) is 10.3. The summed E-state index contributed by atoms with van der Waals surface area (Å²) < 4.78 is 29.9. The Bertz CT molecular complexity index is 455. The highest BCUT2D eigenvalue weighted by molar-refractivity contribution is 7.91. The van der Waals surface area contributed by atoms with Gasteiger partial charge in [0.05, 0.1) is 17.6 Å². The van der Waals surface area contributed by atoms with Gasteiger partial charge >= 0.3 is 0 Å². The Morgan fingerprint density at radius 2 is 1.94 bits per heavy atom. The fraction of sp³-hybridized carbons (Fsp3) is 0.500. The number of rotatable bonds is 3. The molecule has 0 saturated carbocycles. The normalized spacial score (nSPS) is 25.7. The molecule has 17 heavy (non-hydrogen) atoms. The molecule has 2 rings (SSSR count). The summed E-state index contributed by atoms with van der Waals surface area (Å²) in [6.45, 7) is -0.124. The van der Waals surface area contributed by atoms with Crippen LogP contribution in [0.5, 0.6) is 0 Å². The Labute approximate surface area is 101 Å². The maximum absolute atomic E-state index is 12.2. The predicted octanol–water partition coefficient (Wildman–Crippen LogP) is 1.35. The Hall–Kier alpha value is -0.910. The zero-order chi connectivity index (χ0) is 12.3. The number of hydrogen-bond acceptors (Lipinski definition) is 4. The van der Waals surface area contributed by atoms with E-state index < -0.39 is 15.3 Å². The smallest absolute Gasteiger partial charge is 0.205 e. The summed E-state index contributed by atoms with van der Waals surface area (Å²) in [5, 5.41) is 9.03. The van der Waals surface area contributed by atoms with Crippen molar-refractivity contribution in [3.05, 3.63) is 30.3 Å². The Kier molecular flexibility index (Phi) is 3.81. The van der Waals surface area contributed by atoms with Crippen LogP contribution >= 0.6 is 0 Å². The van der Waals surface area contributed by atoms with E-state index in [1.165, 1.54) is 0 Å². The second-order valence-corrected chi connectivity index (χ2v) is 6.25. The van der Waals surface area contributed by atoms with Crippen LogP contribution < -0.4 is 0 Å². The molecule has 0 aliphatic carbocycles. The molecule has 1 aromatic rings. The quantitative estimate of drug-likeness (QED) is 0.886. The maximum Gasteiger partial charge on any atom is 0.205 e. The average Bonchev–Trinajstić information content (AvgIpc) is 2.40. The standard InChI is InChI=1S/C12H16O4S/c13-9-10-5-4-8-12(16-10)17(14,15)11-6-2-1-3-7-11/h1-3,6-7,10,12-13H,4-5,8-9H2/t10-,12+/m1/s1. The summed E-state index contributed by atoms with van der Waals surface area (Å²) in [5.74, 6) is 0. The molecule has 0 unspecified atom stereocenters. The summed E-state index contributed by atoms with van der Waals surface area (Å²) in [4.78, 5) is 0.281. The molecule has 1 aliphatic rings. The molecule has 0 amide bonds. The Morgan fingerprint density at radius 1 is 1.24 bits per heavy atom. The van der Waals surface area contributed by atoms with Crippen LogP contribution in [0.4, 0.5) is 0 Å².